The molecule has 0 aliphatic rings. The molecule has 0 aliphatic carbocycles. The van der Waals surface area contributed by atoms with Gasteiger partial charge in [-0.05, 0) is 12.1 Å². The first-order valence-electron chi connectivity index (χ1n) is 3.80. The van der Waals surface area contributed by atoms with Crippen LogP contribution in [0.25, 0.3) is 0 Å². The van der Waals surface area contributed by atoms with Gasteiger partial charge in [0.25, 0.3) is 0 Å². The van der Waals surface area contributed by atoms with Crippen LogP contribution in [0.5, 0.6) is 0 Å². The number of hydrogen-bond donors (Lipinski definition) is 3. The van der Waals surface area contributed by atoms with Gasteiger partial charge in [-0.25, -0.2) is 5.84 Å². The third kappa shape index (κ3) is 2.77. The zero-order valence-electron chi connectivity index (χ0n) is 7.36. The molecule has 0 unspecified atom stereocenters. The Morgan fingerprint density at radius 3 is 2.08 bits per heavy atom. The molecule has 4 nitrogen and oxygen atoms in total. The van der Waals surface area contributed by atoms with Crippen molar-refractivity contribution in [2.45, 2.75) is 13.8 Å². The lowest BCUT2D eigenvalue weighted by Crippen LogP contribution is -2.26. The fourth-order valence-corrected chi connectivity index (χ4v) is 0.696. The van der Waals surface area contributed by atoms with Gasteiger partial charge in [-0.2, -0.15) is 5.17 Å². The second-order valence-electron chi connectivity index (χ2n) is 1.90. The number of hydrogen-bond acceptors (Lipinski definition) is 4. The van der Waals surface area contributed by atoms with Gasteiger partial charge in [0.15, 0.2) is 0 Å². The van der Waals surface area contributed by atoms with Gasteiger partial charge in [-0.15, -0.1) is 0 Å². The van der Waals surface area contributed by atoms with Crippen LogP contribution in [0.2, 0.25) is 0 Å². The summed E-state index contributed by atoms with van der Waals surface area (Å²) in [5.41, 5.74) is 6.30. The summed E-state index contributed by atoms with van der Waals surface area (Å²) in [6.45, 7) is 4.00. The molecule has 0 heterocycles. The molecule has 0 aliphatic heterocycles. The van der Waals surface area contributed by atoms with Gasteiger partial charge in [-0.3, -0.25) is 5.21 Å². The number of benzene rings is 1. The van der Waals surface area contributed by atoms with Crippen molar-refractivity contribution in [3.63, 3.8) is 0 Å². The number of para-hydroxylation sites is 2. The van der Waals surface area contributed by atoms with Crippen LogP contribution in [-0.2, 0) is 0 Å². The van der Waals surface area contributed by atoms with Crippen molar-refractivity contribution in [3.05, 3.63) is 24.3 Å². The molecule has 5 N–H and O–H groups in total. The van der Waals surface area contributed by atoms with Crippen LogP contribution < -0.4 is 16.7 Å². The van der Waals surface area contributed by atoms with Crippen molar-refractivity contribution < 1.29 is 5.21 Å². The summed E-state index contributed by atoms with van der Waals surface area (Å²) in [5.74, 6) is 5.02. The molecule has 12 heavy (non-hydrogen) atoms. The SMILES string of the molecule is CC.Nc1ccccc1N(N)O. The van der Waals surface area contributed by atoms with Gasteiger partial charge >= 0.3 is 0 Å². The minimum Gasteiger partial charge on any atom is -0.397 e. The highest BCUT2D eigenvalue weighted by molar-refractivity contribution is 5.64. The number of anilines is 2. The molecule has 1 rings (SSSR count). The number of hydrazine groups is 1. The van der Waals surface area contributed by atoms with E-state index in [0.29, 0.717) is 16.5 Å². The molecule has 0 saturated carbocycles. The molecule has 0 aromatic heterocycles. The summed E-state index contributed by atoms with van der Waals surface area (Å²) < 4.78 is 0. The van der Waals surface area contributed by atoms with E-state index in [1.165, 1.54) is 0 Å². The molecule has 0 fully saturated rings. The van der Waals surface area contributed by atoms with Crippen LogP contribution in [0, 0.1) is 0 Å². The maximum absolute atomic E-state index is 8.74. The summed E-state index contributed by atoms with van der Waals surface area (Å²) in [6.07, 6.45) is 0. The number of nitrogens with zero attached hydrogens (tertiary/aromatic N) is 1. The van der Waals surface area contributed by atoms with Crippen LogP contribution in [0.1, 0.15) is 13.8 Å². The zero-order valence-corrected chi connectivity index (χ0v) is 7.36. The lowest BCUT2D eigenvalue weighted by molar-refractivity contribution is 0.258. The highest BCUT2D eigenvalue weighted by Gasteiger charge is 1.99. The van der Waals surface area contributed by atoms with Gasteiger partial charge in [0.1, 0.15) is 5.69 Å². The monoisotopic (exact) mass is 169 g/mol. The van der Waals surface area contributed by atoms with Crippen molar-refractivity contribution >= 4 is 11.4 Å². The van der Waals surface area contributed by atoms with Crippen molar-refractivity contribution in [3.8, 4) is 0 Å². The molecule has 0 radical (unpaired) electrons. The van der Waals surface area contributed by atoms with Crippen molar-refractivity contribution in [1.29, 1.82) is 0 Å². The minimum atomic E-state index is 0.405. The first-order valence-corrected chi connectivity index (χ1v) is 3.80. The van der Waals surface area contributed by atoms with E-state index in [0.717, 1.165) is 0 Å². The van der Waals surface area contributed by atoms with Gasteiger partial charge < -0.3 is 5.73 Å². The molecular weight excluding hydrogens is 154 g/mol. The molecule has 0 amide bonds. The van der Waals surface area contributed by atoms with Gasteiger partial charge in [0.05, 0.1) is 5.69 Å². The molecule has 68 valence electrons. The maximum atomic E-state index is 8.74. The lowest BCUT2D eigenvalue weighted by Gasteiger charge is -2.10. The largest absolute Gasteiger partial charge is 0.397 e. The van der Waals surface area contributed by atoms with Gasteiger partial charge in [-0.1, -0.05) is 26.0 Å². The van der Waals surface area contributed by atoms with Crippen LogP contribution in [0.3, 0.4) is 0 Å². The van der Waals surface area contributed by atoms with E-state index in [1.807, 2.05) is 13.8 Å². The summed E-state index contributed by atoms with van der Waals surface area (Å²) in [6, 6.07) is 6.78. The quantitative estimate of drug-likeness (QED) is 0.337. The Labute approximate surface area is 72.3 Å². The van der Waals surface area contributed by atoms with Crippen LogP contribution >= 0.6 is 0 Å². The van der Waals surface area contributed by atoms with E-state index in [9.17, 15) is 0 Å². The Hall–Kier alpha value is -1.26. The number of nitrogen functional groups attached to an aromatic ring is 1. The Kier molecular flexibility index (Phi) is 4.83. The van der Waals surface area contributed by atoms with Crippen LogP contribution in [-0.4, -0.2) is 5.21 Å². The van der Waals surface area contributed by atoms with E-state index in [1.54, 1.807) is 24.3 Å². The topological polar surface area (TPSA) is 75.5 Å². The predicted octanol–water partition coefficient (Wildman–Crippen LogP) is 1.36. The normalized spacial score (nSPS) is 8.33. The molecule has 1 aromatic rings. The van der Waals surface area contributed by atoms with Crippen molar-refractivity contribution in [2.24, 2.45) is 5.84 Å². The number of rotatable bonds is 1. The molecule has 0 atom stereocenters. The molecular formula is C8H15N3O. The summed E-state index contributed by atoms with van der Waals surface area (Å²) >= 11 is 0. The Bertz CT molecular complexity index is 225. The second-order valence-corrected chi connectivity index (χ2v) is 1.90. The third-order valence-electron chi connectivity index (χ3n) is 1.18. The predicted molar refractivity (Wildman–Crippen MR) is 50.7 cm³/mol. The Balaban J connectivity index is 0.000000561. The van der Waals surface area contributed by atoms with Gasteiger partial charge in [0, 0.05) is 0 Å². The van der Waals surface area contributed by atoms with E-state index >= 15 is 0 Å². The van der Waals surface area contributed by atoms with E-state index in [2.05, 4.69) is 0 Å². The Morgan fingerprint density at radius 1 is 1.25 bits per heavy atom. The van der Waals surface area contributed by atoms with E-state index in [4.69, 9.17) is 16.8 Å². The average Bonchev–Trinajstić information content (AvgIpc) is 2.08. The lowest BCUT2D eigenvalue weighted by atomic mass is 10.3. The molecule has 1 aromatic carbocycles. The van der Waals surface area contributed by atoms with Crippen LogP contribution in [0.15, 0.2) is 24.3 Å². The molecule has 4 heteroatoms. The van der Waals surface area contributed by atoms with Gasteiger partial charge in [0.2, 0.25) is 0 Å². The minimum absolute atomic E-state index is 0.405. The number of nitrogens with two attached hydrogens (primary N) is 2. The maximum Gasteiger partial charge on any atom is 0.105 e. The highest BCUT2D eigenvalue weighted by atomic mass is 16.5. The Morgan fingerprint density at radius 2 is 1.75 bits per heavy atom. The second kappa shape index (κ2) is 5.40. The van der Waals surface area contributed by atoms with E-state index in [-0.39, 0.29) is 0 Å². The smallest absolute Gasteiger partial charge is 0.105 e. The third-order valence-corrected chi connectivity index (χ3v) is 1.18. The first kappa shape index (κ1) is 10.7. The summed E-state index contributed by atoms with van der Waals surface area (Å²) in [4.78, 5) is 0. The van der Waals surface area contributed by atoms with Crippen LogP contribution in [0.4, 0.5) is 11.4 Å². The molecule has 0 bridgehead atoms. The van der Waals surface area contributed by atoms with Crippen molar-refractivity contribution in [2.75, 3.05) is 10.9 Å². The summed E-state index contributed by atoms with van der Waals surface area (Å²) in [7, 11) is 0. The zero-order chi connectivity index (χ0) is 9.56. The molecule has 0 spiro atoms. The van der Waals surface area contributed by atoms with Crippen molar-refractivity contribution in [1.82, 2.24) is 0 Å². The fraction of sp³-hybridized carbons (Fsp3) is 0.250. The summed E-state index contributed by atoms with van der Waals surface area (Å²) in [5, 5.41) is 9.23. The fourth-order valence-electron chi connectivity index (χ4n) is 0.696. The first-order chi connectivity index (χ1) is 5.72. The molecule has 0 saturated heterocycles. The highest BCUT2D eigenvalue weighted by Crippen LogP contribution is 2.17. The van der Waals surface area contributed by atoms with E-state index < -0.39 is 0 Å². The standard InChI is InChI=1S/C6H9N3O.C2H6/c7-5-3-1-2-4-6(5)9(8)10;1-2/h1-4,10H,7-8H2;1-2H3. The average molecular weight is 169 g/mol.